The standard InChI is InChI=1S/C19H17N5/c20-13-18-8-9-19(23-22-18)24(15-17-7-4-11-21-14-17)12-10-16-5-2-1-3-6-16/h1-9,11,14H,10,12,15H2. The number of anilines is 1. The molecule has 0 spiro atoms. The Morgan fingerprint density at radius 1 is 0.917 bits per heavy atom. The lowest BCUT2D eigenvalue weighted by atomic mass is 10.1. The summed E-state index contributed by atoms with van der Waals surface area (Å²) in [6.45, 7) is 1.50. The van der Waals surface area contributed by atoms with Gasteiger partial charge in [0.2, 0.25) is 0 Å². The molecule has 1 aromatic carbocycles. The largest absolute Gasteiger partial charge is 0.350 e. The van der Waals surface area contributed by atoms with Gasteiger partial charge in [-0.2, -0.15) is 5.26 Å². The van der Waals surface area contributed by atoms with Gasteiger partial charge in [0.25, 0.3) is 0 Å². The molecule has 0 aliphatic heterocycles. The van der Waals surface area contributed by atoms with Gasteiger partial charge in [-0.25, -0.2) is 0 Å². The van der Waals surface area contributed by atoms with Crippen LogP contribution in [0.2, 0.25) is 0 Å². The van der Waals surface area contributed by atoms with Gasteiger partial charge in [-0.1, -0.05) is 36.4 Å². The number of nitrogens with zero attached hydrogens (tertiary/aromatic N) is 5. The van der Waals surface area contributed by atoms with E-state index in [0.29, 0.717) is 12.2 Å². The smallest absolute Gasteiger partial charge is 0.163 e. The first kappa shape index (κ1) is 15.6. The van der Waals surface area contributed by atoms with Crippen LogP contribution in [0.3, 0.4) is 0 Å². The number of hydrogen-bond acceptors (Lipinski definition) is 5. The minimum atomic E-state index is 0.322. The zero-order chi connectivity index (χ0) is 16.6. The van der Waals surface area contributed by atoms with E-state index < -0.39 is 0 Å². The van der Waals surface area contributed by atoms with Gasteiger partial charge in [-0.3, -0.25) is 4.98 Å². The lowest BCUT2D eigenvalue weighted by Crippen LogP contribution is -2.26. The van der Waals surface area contributed by atoms with Gasteiger partial charge in [0.05, 0.1) is 0 Å². The Kier molecular flexibility index (Phi) is 5.10. The van der Waals surface area contributed by atoms with Crippen LogP contribution in [-0.4, -0.2) is 21.7 Å². The summed E-state index contributed by atoms with van der Waals surface area (Å²) in [7, 11) is 0. The predicted molar refractivity (Wildman–Crippen MR) is 92.2 cm³/mol. The summed E-state index contributed by atoms with van der Waals surface area (Å²) in [4.78, 5) is 6.32. The van der Waals surface area contributed by atoms with Gasteiger partial charge >= 0.3 is 0 Å². The molecule has 0 aliphatic rings. The molecular formula is C19H17N5. The van der Waals surface area contributed by atoms with Gasteiger partial charge in [-0.05, 0) is 35.7 Å². The summed E-state index contributed by atoms with van der Waals surface area (Å²) in [6.07, 6.45) is 4.52. The molecule has 5 nitrogen and oxygen atoms in total. The predicted octanol–water partition coefficient (Wildman–Crippen LogP) is 2.99. The van der Waals surface area contributed by atoms with E-state index in [0.717, 1.165) is 24.3 Å². The van der Waals surface area contributed by atoms with Gasteiger partial charge in [0.15, 0.2) is 11.5 Å². The highest BCUT2D eigenvalue weighted by Gasteiger charge is 2.10. The fourth-order valence-corrected chi connectivity index (χ4v) is 2.45. The fourth-order valence-electron chi connectivity index (χ4n) is 2.45. The van der Waals surface area contributed by atoms with Crippen molar-refractivity contribution in [1.29, 1.82) is 5.26 Å². The van der Waals surface area contributed by atoms with Gasteiger partial charge in [-0.15, -0.1) is 10.2 Å². The van der Waals surface area contributed by atoms with E-state index in [1.54, 1.807) is 12.3 Å². The minimum Gasteiger partial charge on any atom is -0.350 e. The molecule has 3 rings (SSSR count). The van der Waals surface area contributed by atoms with Crippen LogP contribution in [0.1, 0.15) is 16.8 Å². The maximum atomic E-state index is 8.88. The van der Waals surface area contributed by atoms with E-state index in [1.165, 1.54) is 5.56 Å². The molecule has 0 N–H and O–H groups in total. The van der Waals surface area contributed by atoms with Crippen molar-refractivity contribution in [3.8, 4) is 6.07 Å². The molecule has 0 atom stereocenters. The van der Waals surface area contributed by atoms with Crippen molar-refractivity contribution < 1.29 is 0 Å². The molecule has 5 heteroatoms. The van der Waals surface area contributed by atoms with Crippen molar-refractivity contribution in [2.24, 2.45) is 0 Å². The molecule has 118 valence electrons. The van der Waals surface area contributed by atoms with Crippen LogP contribution < -0.4 is 4.90 Å². The zero-order valence-electron chi connectivity index (χ0n) is 13.2. The summed E-state index contributed by atoms with van der Waals surface area (Å²) in [6, 6.07) is 19.8. The molecule has 0 fully saturated rings. The van der Waals surface area contributed by atoms with Gasteiger partial charge in [0.1, 0.15) is 6.07 Å². The Hall–Kier alpha value is -3.26. The molecule has 2 heterocycles. The summed E-state index contributed by atoms with van der Waals surface area (Å²) in [5, 5.41) is 17.0. The third kappa shape index (κ3) is 4.14. The summed E-state index contributed by atoms with van der Waals surface area (Å²) in [5.74, 6) is 0.758. The SMILES string of the molecule is N#Cc1ccc(N(CCc2ccccc2)Cc2cccnc2)nn1. The van der Waals surface area contributed by atoms with Crippen molar-refractivity contribution in [2.45, 2.75) is 13.0 Å². The molecule has 0 unspecified atom stereocenters. The highest BCUT2D eigenvalue weighted by atomic mass is 15.3. The lowest BCUT2D eigenvalue weighted by Gasteiger charge is -2.23. The van der Waals surface area contributed by atoms with Crippen molar-refractivity contribution >= 4 is 5.82 Å². The monoisotopic (exact) mass is 315 g/mol. The van der Waals surface area contributed by atoms with E-state index >= 15 is 0 Å². The average Bonchev–Trinajstić information content (AvgIpc) is 2.67. The molecule has 0 saturated carbocycles. The number of pyridine rings is 1. The molecule has 0 bridgehead atoms. The van der Waals surface area contributed by atoms with Gasteiger partial charge < -0.3 is 4.90 Å². The van der Waals surface area contributed by atoms with Crippen LogP contribution in [0, 0.1) is 11.3 Å². The highest BCUT2D eigenvalue weighted by Crippen LogP contribution is 2.15. The first-order valence-corrected chi connectivity index (χ1v) is 7.77. The normalized spacial score (nSPS) is 10.1. The van der Waals surface area contributed by atoms with E-state index in [-0.39, 0.29) is 0 Å². The average molecular weight is 315 g/mol. The third-order valence-corrected chi connectivity index (χ3v) is 3.70. The van der Waals surface area contributed by atoms with Crippen molar-refractivity contribution in [2.75, 3.05) is 11.4 Å². The van der Waals surface area contributed by atoms with Crippen LogP contribution in [0.15, 0.2) is 67.0 Å². The minimum absolute atomic E-state index is 0.322. The Labute approximate surface area is 141 Å². The molecule has 0 aliphatic carbocycles. The number of nitriles is 1. The summed E-state index contributed by atoms with van der Waals surface area (Å²) in [5.41, 5.74) is 2.70. The fraction of sp³-hybridized carbons (Fsp3) is 0.158. The molecule has 24 heavy (non-hydrogen) atoms. The zero-order valence-corrected chi connectivity index (χ0v) is 13.2. The maximum absolute atomic E-state index is 8.88. The van der Waals surface area contributed by atoms with Crippen molar-refractivity contribution in [3.63, 3.8) is 0 Å². The molecule has 0 saturated heterocycles. The second-order valence-electron chi connectivity index (χ2n) is 5.41. The first-order chi connectivity index (χ1) is 11.8. The summed E-state index contributed by atoms with van der Waals surface area (Å²) >= 11 is 0. The number of hydrogen-bond donors (Lipinski definition) is 0. The van der Waals surface area contributed by atoms with Gasteiger partial charge in [0, 0.05) is 25.5 Å². The van der Waals surface area contributed by atoms with Crippen LogP contribution >= 0.6 is 0 Å². The molecule has 0 radical (unpaired) electrons. The van der Waals surface area contributed by atoms with Crippen molar-refractivity contribution in [1.82, 2.24) is 15.2 Å². The Balaban J connectivity index is 1.78. The van der Waals surface area contributed by atoms with E-state index in [1.807, 2.05) is 48.7 Å². The molecule has 2 aromatic heterocycles. The Morgan fingerprint density at radius 2 is 1.75 bits per heavy atom. The van der Waals surface area contributed by atoms with Crippen LogP contribution in [0.4, 0.5) is 5.82 Å². The second-order valence-corrected chi connectivity index (χ2v) is 5.41. The molecular weight excluding hydrogens is 298 g/mol. The third-order valence-electron chi connectivity index (χ3n) is 3.70. The quantitative estimate of drug-likeness (QED) is 0.699. The maximum Gasteiger partial charge on any atom is 0.163 e. The second kappa shape index (κ2) is 7.84. The van der Waals surface area contributed by atoms with E-state index in [9.17, 15) is 0 Å². The molecule has 0 amide bonds. The van der Waals surface area contributed by atoms with E-state index in [2.05, 4.69) is 32.2 Å². The lowest BCUT2D eigenvalue weighted by molar-refractivity contribution is 0.753. The topological polar surface area (TPSA) is 65.7 Å². The van der Waals surface area contributed by atoms with Crippen LogP contribution in [0.25, 0.3) is 0 Å². The molecule has 3 aromatic rings. The van der Waals surface area contributed by atoms with E-state index in [4.69, 9.17) is 5.26 Å². The number of benzene rings is 1. The Morgan fingerprint density at radius 3 is 2.42 bits per heavy atom. The number of aromatic nitrogens is 3. The number of rotatable bonds is 6. The first-order valence-electron chi connectivity index (χ1n) is 7.77. The Bertz CT molecular complexity index is 795. The summed E-state index contributed by atoms with van der Waals surface area (Å²) < 4.78 is 0. The highest BCUT2D eigenvalue weighted by molar-refractivity contribution is 5.40. The van der Waals surface area contributed by atoms with Crippen molar-refractivity contribution in [3.05, 3.63) is 83.8 Å². The van der Waals surface area contributed by atoms with Crippen LogP contribution in [0.5, 0.6) is 0 Å². The van der Waals surface area contributed by atoms with Crippen LogP contribution in [-0.2, 0) is 13.0 Å².